The van der Waals surface area contributed by atoms with Crippen LogP contribution in [0.15, 0.2) is 29.2 Å². The molecule has 1 rings (SSSR count). The molecule has 108 valence electrons. The van der Waals surface area contributed by atoms with Gasteiger partial charge >= 0.3 is 0 Å². The summed E-state index contributed by atoms with van der Waals surface area (Å²) in [5.41, 5.74) is 0.960. The number of hydrogen-bond donors (Lipinski definition) is 1. The Kier molecular flexibility index (Phi) is 5.82. The van der Waals surface area contributed by atoms with Gasteiger partial charge in [0.25, 0.3) is 0 Å². The third-order valence-corrected chi connectivity index (χ3v) is 4.75. The zero-order valence-electron chi connectivity index (χ0n) is 12.2. The van der Waals surface area contributed by atoms with E-state index in [0.717, 1.165) is 24.6 Å². The average molecular weight is 284 g/mol. The lowest BCUT2D eigenvalue weighted by Crippen LogP contribution is -2.22. The van der Waals surface area contributed by atoms with Crippen molar-refractivity contribution in [2.24, 2.45) is 5.92 Å². The van der Waals surface area contributed by atoms with Crippen LogP contribution in [-0.4, -0.2) is 33.4 Å². The van der Waals surface area contributed by atoms with Crippen LogP contribution in [0.2, 0.25) is 0 Å². The third-order valence-electron chi connectivity index (χ3n) is 2.92. The summed E-state index contributed by atoms with van der Waals surface area (Å²) in [6.45, 7) is 5.33. The molecule has 0 aliphatic rings. The van der Waals surface area contributed by atoms with E-state index in [4.69, 9.17) is 0 Å². The van der Waals surface area contributed by atoms with Crippen LogP contribution in [0.1, 0.15) is 26.7 Å². The molecular formula is C14H24N2O2S. The first kappa shape index (κ1) is 16.0. The minimum atomic E-state index is -3.32. The maximum absolute atomic E-state index is 11.9. The molecular weight excluding hydrogens is 260 g/mol. The Bertz CT molecular complexity index is 479. The smallest absolute Gasteiger partial charge is 0.242 e. The molecule has 0 amide bonds. The summed E-state index contributed by atoms with van der Waals surface area (Å²) < 4.78 is 25.0. The summed E-state index contributed by atoms with van der Waals surface area (Å²) in [6.07, 6.45) is 2.31. The second-order valence-corrected chi connectivity index (χ2v) is 7.43. The number of nitrogens with zero attached hydrogens (tertiary/aromatic N) is 1. The van der Waals surface area contributed by atoms with Gasteiger partial charge in [-0.1, -0.05) is 13.8 Å². The predicted octanol–water partition coefficient (Wildman–Crippen LogP) is 2.79. The molecule has 0 aromatic heterocycles. The Balaban J connectivity index is 2.58. The molecule has 0 bridgehead atoms. The summed E-state index contributed by atoms with van der Waals surface area (Å²) in [4.78, 5) is 0.324. The number of anilines is 1. The lowest BCUT2D eigenvalue weighted by Gasteiger charge is -2.12. The fourth-order valence-corrected chi connectivity index (χ4v) is 2.60. The summed E-state index contributed by atoms with van der Waals surface area (Å²) in [5, 5.41) is 3.30. The van der Waals surface area contributed by atoms with Crippen molar-refractivity contribution in [1.82, 2.24) is 4.31 Å². The van der Waals surface area contributed by atoms with Crippen molar-refractivity contribution in [3.05, 3.63) is 24.3 Å². The summed E-state index contributed by atoms with van der Waals surface area (Å²) in [6, 6.07) is 6.90. The first-order chi connectivity index (χ1) is 8.84. The van der Waals surface area contributed by atoms with Crippen LogP contribution in [0, 0.1) is 5.92 Å². The van der Waals surface area contributed by atoms with E-state index in [-0.39, 0.29) is 0 Å². The number of benzene rings is 1. The van der Waals surface area contributed by atoms with E-state index >= 15 is 0 Å². The van der Waals surface area contributed by atoms with Gasteiger partial charge in [-0.3, -0.25) is 0 Å². The average Bonchev–Trinajstić information content (AvgIpc) is 2.35. The highest BCUT2D eigenvalue weighted by Gasteiger charge is 2.16. The second kappa shape index (κ2) is 6.91. The van der Waals surface area contributed by atoms with Crippen molar-refractivity contribution < 1.29 is 8.42 Å². The van der Waals surface area contributed by atoms with Crippen molar-refractivity contribution in [1.29, 1.82) is 0 Å². The molecule has 1 aromatic rings. The lowest BCUT2D eigenvalue weighted by atomic mass is 10.1. The molecule has 4 nitrogen and oxygen atoms in total. The summed E-state index contributed by atoms with van der Waals surface area (Å²) in [5.74, 6) is 0.717. The molecule has 1 N–H and O–H groups in total. The molecule has 0 atom stereocenters. The van der Waals surface area contributed by atoms with E-state index in [1.54, 1.807) is 12.1 Å². The van der Waals surface area contributed by atoms with Crippen molar-refractivity contribution >= 4 is 15.7 Å². The molecule has 0 saturated carbocycles. The largest absolute Gasteiger partial charge is 0.385 e. The van der Waals surface area contributed by atoms with Gasteiger partial charge in [0, 0.05) is 26.3 Å². The summed E-state index contributed by atoms with van der Waals surface area (Å²) in [7, 11) is -0.254. The molecule has 0 aliphatic heterocycles. The zero-order valence-corrected chi connectivity index (χ0v) is 13.0. The number of rotatable bonds is 7. The van der Waals surface area contributed by atoms with Crippen LogP contribution < -0.4 is 5.32 Å². The van der Waals surface area contributed by atoms with Crippen LogP contribution in [0.5, 0.6) is 0 Å². The Morgan fingerprint density at radius 1 is 1.16 bits per heavy atom. The SMILES string of the molecule is CC(C)CCCNc1ccc(S(=O)(=O)N(C)C)cc1. The quantitative estimate of drug-likeness (QED) is 0.783. The zero-order chi connectivity index (χ0) is 14.5. The first-order valence-corrected chi connectivity index (χ1v) is 8.04. The minimum absolute atomic E-state index is 0.324. The molecule has 0 unspecified atom stereocenters. The normalized spacial score (nSPS) is 12.1. The molecule has 5 heteroatoms. The number of hydrogen-bond acceptors (Lipinski definition) is 3. The standard InChI is InChI=1S/C14H24N2O2S/c1-12(2)6-5-11-15-13-7-9-14(10-8-13)19(17,18)16(3)4/h7-10,12,15H,5-6,11H2,1-4H3. The second-order valence-electron chi connectivity index (χ2n) is 5.27. The Hall–Kier alpha value is -1.07. The first-order valence-electron chi connectivity index (χ1n) is 6.60. The van der Waals surface area contributed by atoms with Crippen molar-refractivity contribution in [2.75, 3.05) is 26.0 Å². The van der Waals surface area contributed by atoms with Crippen molar-refractivity contribution in [2.45, 2.75) is 31.6 Å². The van der Waals surface area contributed by atoms with E-state index < -0.39 is 10.0 Å². The van der Waals surface area contributed by atoms with Crippen LogP contribution in [0.4, 0.5) is 5.69 Å². The van der Waals surface area contributed by atoms with Gasteiger partial charge in [-0.25, -0.2) is 12.7 Å². The fraction of sp³-hybridized carbons (Fsp3) is 0.571. The molecule has 0 spiro atoms. The lowest BCUT2D eigenvalue weighted by molar-refractivity contribution is 0.521. The predicted molar refractivity (Wildman–Crippen MR) is 79.9 cm³/mol. The van der Waals surface area contributed by atoms with E-state index in [2.05, 4.69) is 19.2 Å². The summed E-state index contributed by atoms with van der Waals surface area (Å²) >= 11 is 0. The van der Waals surface area contributed by atoms with Crippen molar-refractivity contribution in [3.8, 4) is 0 Å². The molecule has 0 heterocycles. The fourth-order valence-electron chi connectivity index (χ4n) is 1.70. The van der Waals surface area contributed by atoms with Crippen molar-refractivity contribution in [3.63, 3.8) is 0 Å². The van der Waals surface area contributed by atoms with Gasteiger partial charge in [0.1, 0.15) is 0 Å². The molecule has 0 saturated heterocycles. The minimum Gasteiger partial charge on any atom is -0.385 e. The van der Waals surface area contributed by atoms with Gasteiger partial charge < -0.3 is 5.32 Å². The van der Waals surface area contributed by atoms with Crippen LogP contribution in [0.25, 0.3) is 0 Å². The molecule has 19 heavy (non-hydrogen) atoms. The van der Waals surface area contributed by atoms with Gasteiger partial charge in [-0.05, 0) is 43.0 Å². The Morgan fingerprint density at radius 2 is 1.74 bits per heavy atom. The van der Waals surface area contributed by atoms with Crippen LogP contribution >= 0.6 is 0 Å². The Labute approximate surface area is 116 Å². The van der Waals surface area contributed by atoms with Crippen LogP contribution in [0.3, 0.4) is 0 Å². The highest BCUT2D eigenvalue weighted by atomic mass is 32.2. The highest BCUT2D eigenvalue weighted by molar-refractivity contribution is 7.89. The molecule has 1 aromatic carbocycles. The highest BCUT2D eigenvalue weighted by Crippen LogP contribution is 2.16. The van der Waals surface area contributed by atoms with Gasteiger partial charge in [0.05, 0.1) is 4.90 Å². The topological polar surface area (TPSA) is 49.4 Å². The van der Waals surface area contributed by atoms with E-state index in [0.29, 0.717) is 4.90 Å². The maximum Gasteiger partial charge on any atom is 0.242 e. The molecule has 0 radical (unpaired) electrons. The van der Waals surface area contributed by atoms with Gasteiger partial charge in [0.15, 0.2) is 0 Å². The monoisotopic (exact) mass is 284 g/mol. The van der Waals surface area contributed by atoms with E-state index in [1.807, 2.05) is 12.1 Å². The van der Waals surface area contributed by atoms with Gasteiger partial charge in [-0.2, -0.15) is 0 Å². The van der Waals surface area contributed by atoms with Gasteiger partial charge in [0.2, 0.25) is 10.0 Å². The van der Waals surface area contributed by atoms with E-state index in [9.17, 15) is 8.42 Å². The van der Waals surface area contributed by atoms with Crippen LogP contribution in [-0.2, 0) is 10.0 Å². The third kappa shape index (κ3) is 4.84. The molecule has 0 fully saturated rings. The molecule has 0 aliphatic carbocycles. The van der Waals surface area contributed by atoms with E-state index in [1.165, 1.54) is 24.8 Å². The van der Waals surface area contributed by atoms with Gasteiger partial charge in [-0.15, -0.1) is 0 Å². The number of sulfonamides is 1. The number of nitrogens with one attached hydrogen (secondary N) is 1. The maximum atomic E-state index is 11.9. The Morgan fingerprint density at radius 3 is 2.21 bits per heavy atom.